The van der Waals surface area contributed by atoms with Gasteiger partial charge in [-0.2, -0.15) is 0 Å². The lowest BCUT2D eigenvalue weighted by Crippen LogP contribution is -2.23. The molecule has 0 aromatic carbocycles. The van der Waals surface area contributed by atoms with E-state index in [1.54, 1.807) is 0 Å². The fourth-order valence-corrected chi connectivity index (χ4v) is 1.68. The molecule has 2 atom stereocenters. The fraction of sp³-hybridized carbons (Fsp3) is 0.667. The fourth-order valence-electron chi connectivity index (χ4n) is 1.21. The smallest absolute Gasteiger partial charge is 0.117 e. The molecule has 0 bridgehead atoms. The van der Waals surface area contributed by atoms with Crippen molar-refractivity contribution in [2.24, 2.45) is 5.73 Å². The van der Waals surface area contributed by atoms with Crippen molar-refractivity contribution in [2.45, 2.75) is 18.6 Å². The molecular formula is C6H9N3OS. The van der Waals surface area contributed by atoms with E-state index in [9.17, 15) is 0 Å². The lowest BCUT2D eigenvalue weighted by atomic mass is 10.1. The van der Waals surface area contributed by atoms with Gasteiger partial charge in [0.05, 0.1) is 0 Å². The summed E-state index contributed by atoms with van der Waals surface area (Å²) in [6.45, 7) is 0.739. The van der Waals surface area contributed by atoms with E-state index < -0.39 is 0 Å². The van der Waals surface area contributed by atoms with E-state index in [4.69, 9.17) is 10.5 Å². The summed E-state index contributed by atoms with van der Waals surface area (Å²) in [7, 11) is 0. The second-order valence-electron chi connectivity index (χ2n) is 2.57. The number of rotatable bonds is 1. The molecule has 1 fully saturated rings. The second kappa shape index (κ2) is 2.84. The first-order valence-corrected chi connectivity index (χ1v) is 4.36. The van der Waals surface area contributed by atoms with Crippen LogP contribution in [0.5, 0.6) is 0 Å². The summed E-state index contributed by atoms with van der Waals surface area (Å²) in [6, 6.07) is 0.0962. The van der Waals surface area contributed by atoms with Crippen molar-refractivity contribution < 1.29 is 4.74 Å². The molecule has 1 aliphatic rings. The van der Waals surface area contributed by atoms with Crippen LogP contribution in [0, 0.1) is 0 Å². The van der Waals surface area contributed by atoms with Crippen molar-refractivity contribution in [1.29, 1.82) is 0 Å². The quantitative estimate of drug-likeness (QED) is 0.661. The Bertz CT molecular complexity index is 226. The van der Waals surface area contributed by atoms with Crippen LogP contribution in [0.15, 0.2) is 5.38 Å². The van der Waals surface area contributed by atoms with Gasteiger partial charge in [-0.15, -0.1) is 5.10 Å². The third-order valence-corrected chi connectivity index (χ3v) is 2.33. The first-order chi connectivity index (χ1) is 5.38. The Morgan fingerprint density at radius 1 is 1.73 bits per heavy atom. The summed E-state index contributed by atoms with van der Waals surface area (Å²) in [5.74, 6) is 0. The van der Waals surface area contributed by atoms with Gasteiger partial charge in [0.15, 0.2) is 0 Å². The van der Waals surface area contributed by atoms with Crippen molar-refractivity contribution in [3.63, 3.8) is 0 Å². The summed E-state index contributed by atoms with van der Waals surface area (Å²) in [5, 5.41) is 5.80. The van der Waals surface area contributed by atoms with Gasteiger partial charge in [0.1, 0.15) is 11.8 Å². The Balaban J connectivity index is 2.16. The zero-order valence-corrected chi connectivity index (χ0v) is 6.75. The topological polar surface area (TPSA) is 61.0 Å². The van der Waals surface area contributed by atoms with Crippen molar-refractivity contribution in [3.8, 4) is 0 Å². The highest BCUT2D eigenvalue weighted by atomic mass is 32.1. The van der Waals surface area contributed by atoms with Crippen molar-refractivity contribution >= 4 is 11.5 Å². The van der Waals surface area contributed by atoms with Crippen LogP contribution < -0.4 is 5.73 Å². The van der Waals surface area contributed by atoms with Crippen LogP contribution in [0.25, 0.3) is 0 Å². The lowest BCUT2D eigenvalue weighted by molar-refractivity contribution is 0.101. The van der Waals surface area contributed by atoms with Crippen molar-refractivity contribution in [1.82, 2.24) is 9.59 Å². The molecule has 2 heterocycles. The third-order valence-electron chi connectivity index (χ3n) is 1.81. The molecular weight excluding hydrogens is 162 g/mol. The zero-order chi connectivity index (χ0) is 7.68. The van der Waals surface area contributed by atoms with Gasteiger partial charge in [0.2, 0.25) is 0 Å². The van der Waals surface area contributed by atoms with Crippen LogP contribution in [0.1, 0.15) is 18.2 Å². The van der Waals surface area contributed by atoms with Crippen LogP contribution in [0.3, 0.4) is 0 Å². The average Bonchev–Trinajstić information content (AvgIpc) is 2.55. The van der Waals surface area contributed by atoms with Crippen LogP contribution in [0.4, 0.5) is 0 Å². The van der Waals surface area contributed by atoms with E-state index in [-0.39, 0.29) is 12.1 Å². The van der Waals surface area contributed by atoms with Crippen LogP contribution >= 0.6 is 11.5 Å². The maximum absolute atomic E-state index is 5.78. The molecule has 60 valence electrons. The Hall–Kier alpha value is -0.520. The van der Waals surface area contributed by atoms with Gasteiger partial charge >= 0.3 is 0 Å². The van der Waals surface area contributed by atoms with Crippen LogP contribution in [-0.2, 0) is 4.74 Å². The molecule has 1 aliphatic heterocycles. The van der Waals surface area contributed by atoms with E-state index in [2.05, 4.69) is 9.59 Å². The van der Waals surface area contributed by atoms with Gasteiger partial charge in [-0.1, -0.05) is 4.49 Å². The molecule has 2 N–H and O–H groups in total. The third kappa shape index (κ3) is 1.26. The Morgan fingerprint density at radius 2 is 2.64 bits per heavy atom. The molecule has 2 rings (SSSR count). The number of ether oxygens (including phenoxy) is 1. The molecule has 0 amide bonds. The predicted molar refractivity (Wildman–Crippen MR) is 41.2 cm³/mol. The van der Waals surface area contributed by atoms with Crippen molar-refractivity contribution in [3.05, 3.63) is 11.1 Å². The summed E-state index contributed by atoms with van der Waals surface area (Å²) >= 11 is 1.33. The van der Waals surface area contributed by atoms with E-state index in [1.165, 1.54) is 11.5 Å². The normalized spacial score (nSPS) is 31.0. The van der Waals surface area contributed by atoms with Crippen LogP contribution in [-0.4, -0.2) is 22.2 Å². The molecule has 0 spiro atoms. The number of nitrogens with two attached hydrogens (primary N) is 1. The largest absolute Gasteiger partial charge is 0.370 e. The number of hydrogen-bond acceptors (Lipinski definition) is 5. The maximum Gasteiger partial charge on any atom is 0.117 e. The molecule has 1 aromatic rings. The standard InChI is InChI=1S/C6H9N3OS/c7-4-1-2-10-6(4)5-3-11-9-8-5/h3-4,6H,1-2,7H2. The van der Waals surface area contributed by atoms with E-state index in [0.717, 1.165) is 18.7 Å². The first-order valence-electron chi connectivity index (χ1n) is 3.52. The summed E-state index contributed by atoms with van der Waals surface area (Å²) in [4.78, 5) is 0. The average molecular weight is 171 g/mol. The molecule has 4 nitrogen and oxygen atoms in total. The minimum atomic E-state index is -0.0197. The Kier molecular flexibility index (Phi) is 1.85. The summed E-state index contributed by atoms with van der Waals surface area (Å²) in [5.41, 5.74) is 6.66. The van der Waals surface area contributed by atoms with E-state index in [1.807, 2.05) is 5.38 Å². The highest BCUT2D eigenvalue weighted by Crippen LogP contribution is 2.26. The Labute approximate surface area is 68.5 Å². The SMILES string of the molecule is NC1CCOC1c1csnn1. The Morgan fingerprint density at radius 3 is 3.18 bits per heavy atom. The van der Waals surface area contributed by atoms with Gasteiger partial charge in [-0.3, -0.25) is 0 Å². The predicted octanol–water partition coefficient (Wildman–Crippen LogP) is 0.327. The molecule has 0 saturated carbocycles. The zero-order valence-electron chi connectivity index (χ0n) is 5.93. The second-order valence-corrected chi connectivity index (χ2v) is 3.18. The molecule has 2 unspecified atom stereocenters. The highest BCUT2D eigenvalue weighted by molar-refractivity contribution is 7.03. The number of nitrogens with zero attached hydrogens (tertiary/aromatic N) is 2. The van der Waals surface area contributed by atoms with Crippen LogP contribution in [0.2, 0.25) is 0 Å². The molecule has 1 saturated heterocycles. The van der Waals surface area contributed by atoms with Gasteiger partial charge in [-0.05, 0) is 18.0 Å². The van der Waals surface area contributed by atoms with E-state index in [0.29, 0.717) is 0 Å². The maximum atomic E-state index is 5.78. The minimum absolute atomic E-state index is 0.0197. The minimum Gasteiger partial charge on any atom is -0.370 e. The van der Waals surface area contributed by atoms with Gasteiger partial charge < -0.3 is 10.5 Å². The number of hydrogen-bond donors (Lipinski definition) is 1. The number of aromatic nitrogens is 2. The highest BCUT2D eigenvalue weighted by Gasteiger charge is 2.28. The van der Waals surface area contributed by atoms with E-state index >= 15 is 0 Å². The monoisotopic (exact) mass is 171 g/mol. The molecule has 1 aromatic heterocycles. The molecule has 11 heavy (non-hydrogen) atoms. The van der Waals surface area contributed by atoms with Crippen molar-refractivity contribution in [2.75, 3.05) is 6.61 Å². The summed E-state index contributed by atoms with van der Waals surface area (Å²) in [6.07, 6.45) is 0.899. The molecule has 0 radical (unpaired) electrons. The lowest BCUT2D eigenvalue weighted by Gasteiger charge is -2.09. The summed E-state index contributed by atoms with van der Waals surface area (Å²) < 4.78 is 9.15. The van der Waals surface area contributed by atoms with Gasteiger partial charge in [-0.25, -0.2) is 0 Å². The molecule has 0 aliphatic carbocycles. The van der Waals surface area contributed by atoms with Gasteiger partial charge in [0, 0.05) is 18.0 Å². The first kappa shape index (κ1) is 7.15. The van der Waals surface area contributed by atoms with Gasteiger partial charge in [0.25, 0.3) is 0 Å². The molecule has 5 heteroatoms.